The van der Waals surface area contributed by atoms with Crippen molar-refractivity contribution < 1.29 is 9.53 Å². The molecule has 4 heteroatoms. The highest BCUT2D eigenvalue weighted by Gasteiger charge is 2.21. The molecule has 1 unspecified atom stereocenters. The number of benzene rings is 2. The quantitative estimate of drug-likeness (QED) is 0.732. The molecule has 0 aliphatic carbocycles. The number of aromatic nitrogens is 2. The van der Waals surface area contributed by atoms with Crippen LogP contribution in [-0.4, -0.2) is 21.8 Å². The van der Waals surface area contributed by atoms with Gasteiger partial charge in [0, 0.05) is 5.69 Å². The number of hydrogen-bond acceptors (Lipinski definition) is 3. The molecule has 0 saturated heterocycles. The number of carbonyl (C=O) groups excluding carboxylic acids is 1. The lowest BCUT2D eigenvalue weighted by Crippen LogP contribution is -2.30. The van der Waals surface area contributed by atoms with Crippen LogP contribution >= 0.6 is 0 Å². The van der Waals surface area contributed by atoms with E-state index in [9.17, 15) is 4.79 Å². The summed E-state index contributed by atoms with van der Waals surface area (Å²) in [6.07, 6.45) is -0.603. The van der Waals surface area contributed by atoms with E-state index in [1.165, 1.54) is 4.68 Å². The molecule has 2 aromatic carbocycles. The Morgan fingerprint density at radius 3 is 2.43 bits per heavy atom. The Bertz CT molecular complexity index is 880. The fourth-order valence-electron chi connectivity index (χ4n) is 2.60. The molecule has 0 fully saturated rings. The van der Waals surface area contributed by atoms with Crippen LogP contribution in [0.4, 0.5) is 0 Å². The SMILES string of the molecule is Cc1nn(C(=O)C(C)Oc2ccc3ccccc3c2)c(C)c1C. The summed E-state index contributed by atoms with van der Waals surface area (Å²) in [5.41, 5.74) is 2.77. The minimum Gasteiger partial charge on any atom is -0.481 e. The summed E-state index contributed by atoms with van der Waals surface area (Å²) >= 11 is 0. The third-order valence-corrected chi connectivity index (χ3v) is 4.24. The summed E-state index contributed by atoms with van der Waals surface area (Å²) < 4.78 is 7.27. The van der Waals surface area contributed by atoms with Gasteiger partial charge >= 0.3 is 0 Å². The van der Waals surface area contributed by atoms with Crippen LogP contribution in [0.3, 0.4) is 0 Å². The topological polar surface area (TPSA) is 44.1 Å². The molecule has 1 atom stereocenters. The molecule has 0 aliphatic rings. The Kier molecular flexibility index (Phi) is 3.90. The summed E-state index contributed by atoms with van der Waals surface area (Å²) in [7, 11) is 0. The number of aryl methyl sites for hydroxylation is 1. The van der Waals surface area contributed by atoms with E-state index < -0.39 is 6.10 Å². The Morgan fingerprint density at radius 1 is 1.09 bits per heavy atom. The molecule has 0 bridgehead atoms. The molecule has 3 rings (SSSR count). The van der Waals surface area contributed by atoms with E-state index in [1.807, 2.05) is 63.2 Å². The normalized spacial score (nSPS) is 12.3. The van der Waals surface area contributed by atoms with Crippen LogP contribution < -0.4 is 4.74 Å². The second kappa shape index (κ2) is 5.88. The lowest BCUT2D eigenvalue weighted by atomic mass is 10.1. The predicted octanol–water partition coefficient (Wildman–Crippen LogP) is 4.07. The molecular formula is C19H20N2O2. The highest BCUT2D eigenvalue weighted by atomic mass is 16.5. The van der Waals surface area contributed by atoms with Crippen molar-refractivity contribution in [3.8, 4) is 5.75 Å². The first-order valence-electron chi connectivity index (χ1n) is 7.70. The molecule has 0 spiro atoms. The molecule has 0 amide bonds. The molecule has 23 heavy (non-hydrogen) atoms. The van der Waals surface area contributed by atoms with Gasteiger partial charge in [0.2, 0.25) is 0 Å². The molecule has 1 aromatic heterocycles. The molecule has 118 valence electrons. The Labute approximate surface area is 135 Å². The number of hydrogen-bond donors (Lipinski definition) is 0. The third-order valence-electron chi connectivity index (χ3n) is 4.24. The van der Waals surface area contributed by atoms with Gasteiger partial charge in [0.05, 0.1) is 5.69 Å². The monoisotopic (exact) mass is 308 g/mol. The molecular weight excluding hydrogens is 288 g/mol. The summed E-state index contributed by atoms with van der Waals surface area (Å²) in [4.78, 5) is 12.6. The van der Waals surface area contributed by atoms with Gasteiger partial charge in [0.25, 0.3) is 5.91 Å². The van der Waals surface area contributed by atoms with Gasteiger partial charge in [-0.3, -0.25) is 4.79 Å². The second-order valence-electron chi connectivity index (χ2n) is 5.81. The number of carbonyl (C=O) groups is 1. The predicted molar refractivity (Wildman–Crippen MR) is 91.1 cm³/mol. The first-order chi connectivity index (χ1) is 11.0. The number of rotatable bonds is 3. The van der Waals surface area contributed by atoms with Crippen molar-refractivity contribution >= 4 is 16.7 Å². The van der Waals surface area contributed by atoms with E-state index in [0.29, 0.717) is 5.75 Å². The van der Waals surface area contributed by atoms with Crippen LogP contribution in [-0.2, 0) is 0 Å². The molecule has 0 aliphatic heterocycles. The van der Waals surface area contributed by atoms with Crippen molar-refractivity contribution in [2.45, 2.75) is 33.8 Å². The van der Waals surface area contributed by atoms with E-state index >= 15 is 0 Å². The number of nitrogens with zero attached hydrogens (tertiary/aromatic N) is 2. The van der Waals surface area contributed by atoms with E-state index in [4.69, 9.17) is 4.74 Å². The van der Waals surface area contributed by atoms with E-state index in [-0.39, 0.29) is 5.91 Å². The van der Waals surface area contributed by atoms with E-state index in [2.05, 4.69) is 5.10 Å². The van der Waals surface area contributed by atoms with Crippen molar-refractivity contribution in [2.75, 3.05) is 0 Å². The highest BCUT2D eigenvalue weighted by molar-refractivity contribution is 5.85. The number of fused-ring (bicyclic) bond motifs is 1. The Hall–Kier alpha value is -2.62. The maximum Gasteiger partial charge on any atom is 0.287 e. The molecule has 0 saturated carbocycles. The zero-order chi connectivity index (χ0) is 16.6. The van der Waals surface area contributed by atoms with Crippen LogP contribution in [0.25, 0.3) is 10.8 Å². The lowest BCUT2D eigenvalue weighted by Gasteiger charge is -2.15. The van der Waals surface area contributed by atoms with Gasteiger partial charge in [-0.1, -0.05) is 30.3 Å². The number of ether oxygens (including phenoxy) is 1. The molecule has 0 N–H and O–H groups in total. The van der Waals surface area contributed by atoms with Gasteiger partial charge in [-0.2, -0.15) is 5.10 Å². The van der Waals surface area contributed by atoms with E-state index in [0.717, 1.165) is 27.7 Å². The minimum atomic E-state index is -0.603. The first kappa shape index (κ1) is 15.3. The largest absolute Gasteiger partial charge is 0.481 e. The van der Waals surface area contributed by atoms with Crippen LogP contribution in [0.15, 0.2) is 42.5 Å². The van der Waals surface area contributed by atoms with Crippen molar-refractivity contribution in [3.63, 3.8) is 0 Å². The minimum absolute atomic E-state index is 0.160. The summed E-state index contributed by atoms with van der Waals surface area (Å²) in [5, 5.41) is 6.55. The highest BCUT2D eigenvalue weighted by Crippen LogP contribution is 2.22. The molecule has 1 heterocycles. The van der Waals surface area contributed by atoms with Crippen LogP contribution in [0.5, 0.6) is 5.75 Å². The Balaban J connectivity index is 1.83. The van der Waals surface area contributed by atoms with Gasteiger partial charge in [0.1, 0.15) is 5.75 Å². The summed E-state index contributed by atoms with van der Waals surface area (Å²) in [6, 6.07) is 13.9. The average Bonchev–Trinajstić information content (AvgIpc) is 2.81. The third kappa shape index (κ3) is 2.84. The van der Waals surface area contributed by atoms with Gasteiger partial charge in [-0.05, 0) is 56.2 Å². The van der Waals surface area contributed by atoms with Crippen molar-refractivity contribution in [1.29, 1.82) is 0 Å². The van der Waals surface area contributed by atoms with Crippen LogP contribution in [0.2, 0.25) is 0 Å². The fourth-order valence-corrected chi connectivity index (χ4v) is 2.60. The first-order valence-corrected chi connectivity index (χ1v) is 7.70. The zero-order valence-corrected chi connectivity index (χ0v) is 13.8. The molecule has 3 aromatic rings. The summed E-state index contributed by atoms with van der Waals surface area (Å²) in [5.74, 6) is 0.523. The fraction of sp³-hybridized carbons (Fsp3) is 0.263. The van der Waals surface area contributed by atoms with Gasteiger partial charge in [-0.15, -0.1) is 0 Å². The lowest BCUT2D eigenvalue weighted by molar-refractivity contribution is 0.0707. The maximum atomic E-state index is 12.6. The van der Waals surface area contributed by atoms with Crippen LogP contribution in [0.1, 0.15) is 28.7 Å². The smallest absolute Gasteiger partial charge is 0.287 e. The molecule has 4 nitrogen and oxygen atoms in total. The standard InChI is InChI=1S/C19H20N2O2/c1-12-13(2)20-21(14(12)3)19(22)15(4)23-18-10-9-16-7-5-6-8-17(16)11-18/h5-11,15H,1-4H3. The molecule has 0 radical (unpaired) electrons. The van der Waals surface area contributed by atoms with Crippen molar-refractivity contribution in [1.82, 2.24) is 9.78 Å². The van der Waals surface area contributed by atoms with Crippen molar-refractivity contribution in [3.05, 3.63) is 59.4 Å². The second-order valence-corrected chi connectivity index (χ2v) is 5.81. The Morgan fingerprint density at radius 2 is 1.78 bits per heavy atom. The maximum absolute atomic E-state index is 12.6. The van der Waals surface area contributed by atoms with Crippen LogP contribution in [0, 0.1) is 20.8 Å². The summed E-state index contributed by atoms with van der Waals surface area (Å²) in [6.45, 7) is 7.52. The van der Waals surface area contributed by atoms with Gasteiger partial charge in [0.15, 0.2) is 6.10 Å². The van der Waals surface area contributed by atoms with E-state index in [1.54, 1.807) is 6.92 Å². The average molecular weight is 308 g/mol. The zero-order valence-electron chi connectivity index (χ0n) is 13.8. The van der Waals surface area contributed by atoms with Crippen molar-refractivity contribution in [2.24, 2.45) is 0 Å². The van der Waals surface area contributed by atoms with Gasteiger partial charge in [-0.25, -0.2) is 4.68 Å². The van der Waals surface area contributed by atoms with Gasteiger partial charge < -0.3 is 4.74 Å².